The highest BCUT2D eigenvalue weighted by atomic mass is 28.3. The van der Waals surface area contributed by atoms with Crippen LogP contribution in [0.3, 0.4) is 0 Å². The van der Waals surface area contributed by atoms with E-state index in [0.717, 1.165) is 12.2 Å². The summed E-state index contributed by atoms with van der Waals surface area (Å²) < 4.78 is 5.97. The van der Waals surface area contributed by atoms with E-state index in [1.807, 2.05) is 0 Å². The molecule has 2 heteroatoms. The topological polar surface area (TPSA) is 9.23 Å². The van der Waals surface area contributed by atoms with Gasteiger partial charge in [-0.2, -0.15) is 0 Å². The molecule has 0 fully saturated rings. The Balaban J connectivity index is 3.11. The van der Waals surface area contributed by atoms with Crippen molar-refractivity contribution < 1.29 is 4.43 Å². The van der Waals surface area contributed by atoms with Crippen LogP contribution in [0, 0.1) is 6.92 Å². The largest absolute Gasteiger partial charge is 0.547 e. The molecular weight excluding hydrogens is 212 g/mol. The van der Waals surface area contributed by atoms with Crippen molar-refractivity contribution in [2.24, 2.45) is 0 Å². The number of hydrogen-bond donors (Lipinski definition) is 0. The van der Waals surface area contributed by atoms with E-state index < -0.39 is 9.04 Å². The summed E-state index contributed by atoms with van der Waals surface area (Å²) in [7, 11) is -1.04. The molecule has 89 valence electrons. The average Bonchev–Trinajstić information content (AvgIpc) is 2.15. The van der Waals surface area contributed by atoms with E-state index in [-0.39, 0.29) is 5.41 Å². The zero-order chi connectivity index (χ0) is 12.3. The fourth-order valence-corrected chi connectivity index (χ4v) is 2.32. The van der Waals surface area contributed by atoms with Crippen molar-refractivity contribution in [1.29, 1.82) is 0 Å². The SMILES string of the molecule is [CH2]Cc1ccc(C(C)(C)C)cc1O[SiH](C)C. The molecule has 0 amide bonds. The van der Waals surface area contributed by atoms with E-state index in [9.17, 15) is 0 Å². The van der Waals surface area contributed by atoms with Crippen LogP contribution in [0.2, 0.25) is 13.1 Å². The van der Waals surface area contributed by atoms with Crippen molar-refractivity contribution in [1.82, 2.24) is 0 Å². The van der Waals surface area contributed by atoms with Gasteiger partial charge in [0.05, 0.1) is 0 Å². The predicted octanol–water partition coefficient (Wildman–Crippen LogP) is 3.72. The molecule has 0 saturated carbocycles. The highest BCUT2D eigenvalue weighted by Crippen LogP contribution is 2.29. The van der Waals surface area contributed by atoms with Gasteiger partial charge >= 0.3 is 0 Å². The quantitative estimate of drug-likeness (QED) is 0.726. The third-order valence-electron chi connectivity index (χ3n) is 2.57. The molecule has 0 aromatic heterocycles. The zero-order valence-corrected chi connectivity index (χ0v) is 12.3. The minimum atomic E-state index is -1.04. The van der Waals surface area contributed by atoms with E-state index in [4.69, 9.17) is 4.43 Å². The summed E-state index contributed by atoms with van der Waals surface area (Å²) in [5, 5.41) is 0. The molecule has 1 rings (SSSR count). The second-order valence-corrected chi connectivity index (χ2v) is 7.82. The first-order valence-corrected chi connectivity index (χ1v) is 8.72. The maximum Gasteiger partial charge on any atom is 0.229 e. The summed E-state index contributed by atoms with van der Waals surface area (Å²) in [6, 6.07) is 6.53. The summed E-state index contributed by atoms with van der Waals surface area (Å²) in [5.74, 6) is 1.05. The monoisotopic (exact) mass is 235 g/mol. The van der Waals surface area contributed by atoms with Gasteiger partial charge in [-0.15, -0.1) is 0 Å². The van der Waals surface area contributed by atoms with Crippen molar-refractivity contribution >= 4 is 9.04 Å². The smallest absolute Gasteiger partial charge is 0.229 e. The van der Waals surface area contributed by atoms with Crippen LogP contribution < -0.4 is 4.43 Å². The van der Waals surface area contributed by atoms with Gasteiger partial charge in [-0.1, -0.05) is 32.9 Å². The molecular formula is C14H23OSi. The molecule has 0 bridgehead atoms. The second kappa shape index (κ2) is 5.04. The zero-order valence-electron chi connectivity index (χ0n) is 11.1. The summed E-state index contributed by atoms with van der Waals surface area (Å²) in [5.41, 5.74) is 2.72. The molecule has 0 spiro atoms. The van der Waals surface area contributed by atoms with Crippen LogP contribution in [0.1, 0.15) is 31.9 Å². The first-order valence-electron chi connectivity index (χ1n) is 5.94. The van der Waals surface area contributed by atoms with E-state index >= 15 is 0 Å². The standard InChI is InChI=1S/C14H23OSi/c1-7-11-8-9-12(14(2,3)4)10-13(11)15-16(5)6/h8-10,16H,1,7H2,2-6H3. The Morgan fingerprint density at radius 1 is 1.25 bits per heavy atom. The van der Waals surface area contributed by atoms with Crippen LogP contribution in [0.15, 0.2) is 18.2 Å². The Kier molecular flexibility index (Phi) is 4.19. The number of benzene rings is 1. The first-order chi connectivity index (χ1) is 7.34. The van der Waals surface area contributed by atoms with Crippen molar-refractivity contribution in [3.8, 4) is 5.75 Å². The van der Waals surface area contributed by atoms with Crippen LogP contribution in [-0.2, 0) is 11.8 Å². The van der Waals surface area contributed by atoms with Crippen LogP contribution in [0.25, 0.3) is 0 Å². The maximum absolute atomic E-state index is 5.97. The van der Waals surface area contributed by atoms with Gasteiger partial charge in [0.15, 0.2) is 0 Å². The Hall–Kier alpha value is -0.763. The molecule has 0 saturated heterocycles. The molecule has 0 aliphatic heterocycles. The third kappa shape index (κ3) is 3.37. The molecule has 0 atom stereocenters. The normalized spacial score (nSPS) is 11.9. The highest BCUT2D eigenvalue weighted by Gasteiger charge is 2.16. The van der Waals surface area contributed by atoms with Gasteiger partial charge in [-0.05, 0) is 49.0 Å². The molecule has 1 radical (unpaired) electrons. The Morgan fingerprint density at radius 3 is 2.31 bits per heavy atom. The number of rotatable bonds is 3. The van der Waals surface area contributed by atoms with E-state index in [1.165, 1.54) is 11.1 Å². The predicted molar refractivity (Wildman–Crippen MR) is 73.7 cm³/mol. The Labute approximate surface area is 102 Å². The van der Waals surface area contributed by atoms with Crippen molar-refractivity contribution in [2.45, 2.75) is 45.7 Å². The fourth-order valence-electron chi connectivity index (χ4n) is 1.59. The van der Waals surface area contributed by atoms with Gasteiger partial charge in [-0.25, -0.2) is 0 Å². The molecule has 0 N–H and O–H groups in total. The lowest BCUT2D eigenvalue weighted by Crippen LogP contribution is -2.15. The molecule has 0 aliphatic carbocycles. The lowest BCUT2D eigenvalue weighted by molar-refractivity contribution is 0.555. The minimum absolute atomic E-state index is 0.177. The van der Waals surface area contributed by atoms with Gasteiger partial charge in [0.2, 0.25) is 9.04 Å². The maximum atomic E-state index is 5.97. The molecule has 0 aliphatic rings. The van der Waals surface area contributed by atoms with E-state index in [0.29, 0.717) is 0 Å². The molecule has 1 aromatic carbocycles. The van der Waals surface area contributed by atoms with Crippen molar-refractivity contribution in [3.63, 3.8) is 0 Å². The van der Waals surface area contributed by atoms with Gasteiger partial charge in [0.1, 0.15) is 5.75 Å². The van der Waals surface area contributed by atoms with E-state index in [2.05, 4.69) is 59.0 Å². The third-order valence-corrected chi connectivity index (χ3v) is 3.29. The summed E-state index contributed by atoms with van der Waals surface area (Å²) in [6.45, 7) is 15.0. The first kappa shape index (κ1) is 13.3. The minimum Gasteiger partial charge on any atom is -0.547 e. The molecule has 0 unspecified atom stereocenters. The van der Waals surface area contributed by atoms with Gasteiger partial charge in [0, 0.05) is 0 Å². The van der Waals surface area contributed by atoms with Crippen molar-refractivity contribution in [3.05, 3.63) is 36.2 Å². The van der Waals surface area contributed by atoms with Gasteiger partial charge in [0.25, 0.3) is 0 Å². The fraction of sp³-hybridized carbons (Fsp3) is 0.500. The lowest BCUT2D eigenvalue weighted by atomic mass is 9.86. The van der Waals surface area contributed by atoms with Crippen molar-refractivity contribution in [2.75, 3.05) is 0 Å². The second-order valence-electron chi connectivity index (χ2n) is 5.49. The van der Waals surface area contributed by atoms with Crippen LogP contribution in [0.4, 0.5) is 0 Å². The summed E-state index contributed by atoms with van der Waals surface area (Å²) in [6.07, 6.45) is 0.793. The van der Waals surface area contributed by atoms with Crippen LogP contribution in [-0.4, -0.2) is 9.04 Å². The van der Waals surface area contributed by atoms with E-state index in [1.54, 1.807) is 0 Å². The Bertz CT molecular complexity index is 350. The summed E-state index contributed by atoms with van der Waals surface area (Å²) in [4.78, 5) is 0. The lowest BCUT2D eigenvalue weighted by Gasteiger charge is -2.22. The molecule has 1 aromatic rings. The highest BCUT2D eigenvalue weighted by molar-refractivity contribution is 6.49. The molecule has 1 nitrogen and oxygen atoms in total. The molecule has 0 heterocycles. The van der Waals surface area contributed by atoms with Crippen LogP contribution >= 0.6 is 0 Å². The average molecular weight is 235 g/mol. The molecule has 16 heavy (non-hydrogen) atoms. The van der Waals surface area contributed by atoms with Gasteiger partial charge < -0.3 is 4.43 Å². The Morgan fingerprint density at radius 2 is 1.88 bits per heavy atom. The van der Waals surface area contributed by atoms with Crippen LogP contribution in [0.5, 0.6) is 5.75 Å². The number of hydrogen-bond acceptors (Lipinski definition) is 1. The van der Waals surface area contributed by atoms with Gasteiger partial charge in [-0.3, -0.25) is 0 Å². The summed E-state index contributed by atoms with van der Waals surface area (Å²) >= 11 is 0.